The number of aryl methyl sites for hydroxylation is 1. The van der Waals surface area contributed by atoms with E-state index in [1.807, 2.05) is 31.2 Å². The average molecular weight is 385 g/mol. The zero-order valence-corrected chi connectivity index (χ0v) is 16.2. The minimum atomic E-state index is -0.121. The number of nitrogens with zero attached hydrogens (tertiary/aromatic N) is 2. The molecule has 0 bridgehead atoms. The summed E-state index contributed by atoms with van der Waals surface area (Å²) in [6.45, 7) is 7.55. The number of ether oxygens (including phenoxy) is 4. The molecule has 2 heterocycles. The van der Waals surface area contributed by atoms with E-state index in [0.717, 1.165) is 37.3 Å². The van der Waals surface area contributed by atoms with Crippen LogP contribution in [-0.4, -0.2) is 42.7 Å². The number of hydrogen-bond donors (Lipinski definition) is 1. The van der Waals surface area contributed by atoms with Gasteiger partial charge in [-0.25, -0.2) is 4.98 Å². The lowest BCUT2D eigenvalue weighted by atomic mass is 10.2. The monoisotopic (exact) mass is 385 g/mol. The van der Waals surface area contributed by atoms with E-state index in [4.69, 9.17) is 18.9 Å². The number of hydrogen-bond acceptors (Lipinski definition) is 7. The molecule has 1 aliphatic heterocycles. The van der Waals surface area contributed by atoms with Gasteiger partial charge in [0.2, 0.25) is 5.88 Å². The van der Waals surface area contributed by atoms with Gasteiger partial charge >= 0.3 is 0 Å². The van der Waals surface area contributed by atoms with Crippen molar-refractivity contribution in [3.8, 4) is 11.6 Å². The first kappa shape index (κ1) is 20.1. The van der Waals surface area contributed by atoms with Crippen molar-refractivity contribution in [2.24, 2.45) is 0 Å². The molecule has 1 aromatic heterocycles. The standard InChI is InChI=1S/C21H27N3O4/c1-3-11-25-18-9-7-17(8-10-18)24-19-15-22-16(2)23-21(19)28-14-13-27-20-6-4-5-12-26-20/h3,7-10,15,20,24H,1,4-6,11-14H2,2H3. The first-order valence-corrected chi connectivity index (χ1v) is 9.55. The van der Waals surface area contributed by atoms with E-state index in [-0.39, 0.29) is 6.29 Å². The van der Waals surface area contributed by atoms with Crippen molar-refractivity contribution < 1.29 is 18.9 Å². The predicted molar refractivity (Wildman–Crippen MR) is 107 cm³/mol. The van der Waals surface area contributed by atoms with E-state index in [1.54, 1.807) is 12.3 Å². The Morgan fingerprint density at radius 2 is 2.07 bits per heavy atom. The molecule has 3 rings (SSSR count). The normalized spacial score (nSPS) is 16.4. The maximum absolute atomic E-state index is 5.83. The number of benzene rings is 1. The van der Waals surface area contributed by atoms with Crippen LogP contribution in [0.3, 0.4) is 0 Å². The Morgan fingerprint density at radius 1 is 1.21 bits per heavy atom. The quantitative estimate of drug-likeness (QED) is 0.489. The lowest BCUT2D eigenvalue weighted by molar-refractivity contribution is -0.165. The average Bonchev–Trinajstić information content (AvgIpc) is 2.73. The van der Waals surface area contributed by atoms with Crippen molar-refractivity contribution in [2.75, 3.05) is 31.7 Å². The molecule has 1 aromatic carbocycles. The van der Waals surface area contributed by atoms with Crippen LogP contribution in [0.15, 0.2) is 43.1 Å². The summed E-state index contributed by atoms with van der Waals surface area (Å²) in [6.07, 6.45) is 6.49. The van der Waals surface area contributed by atoms with Crippen LogP contribution in [0.25, 0.3) is 0 Å². The molecule has 1 aliphatic rings. The van der Waals surface area contributed by atoms with Gasteiger partial charge < -0.3 is 24.3 Å². The largest absolute Gasteiger partial charge is 0.490 e. The molecule has 0 amide bonds. The molecule has 0 aliphatic carbocycles. The van der Waals surface area contributed by atoms with Crippen LogP contribution in [0.2, 0.25) is 0 Å². The van der Waals surface area contributed by atoms with Crippen molar-refractivity contribution in [3.05, 3.63) is 48.9 Å². The molecule has 2 aromatic rings. The van der Waals surface area contributed by atoms with Gasteiger partial charge in [0.15, 0.2) is 6.29 Å². The molecule has 0 saturated carbocycles. The maximum atomic E-state index is 5.83. The van der Waals surface area contributed by atoms with Crippen LogP contribution >= 0.6 is 0 Å². The molecule has 1 unspecified atom stereocenters. The van der Waals surface area contributed by atoms with E-state index in [1.165, 1.54) is 0 Å². The fraction of sp³-hybridized carbons (Fsp3) is 0.429. The second kappa shape index (κ2) is 10.6. The first-order chi connectivity index (χ1) is 13.7. The van der Waals surface area contributed by atoms with E-state index in [2.05, 4.69) is 21.9 Å². The highest BCUT2D eigenvalue weighted by atomic mass is 16.7. The number of nitrogens with one attached hydrogen (secondary N) is 1. The summed E-state index contributed by atoms with van der Waals surface area (Å²) in [6, 6.07) is 7.62. The minimum absolute atomic E-state index is 0.121. The van der Waals surface area contributed by atoms with E-state index in [9.17, 15) is 0 Å². The molecule has 1 saturated heterocycles. The van der Waals surface area contributed by atoms with Gasteiger partial charge in [0, 0.05) is 12.3 Å². The Kier molecular flexibility index (Phi) is 7.63. The van der Waals surface area contributed by atoms with Crippen LogP contribution in [0.5, 0.6) is 11.6 Å². The summed E-state index contributed by atoms with van der Waals surface area (Å²) in [5.41, 5.74) is 1.58. The summed E-state index contributed by atoms with van der Waals surface area (Å²) in [7, 11) is 0. The van der Waals surface area contributed by atoms with Gasteiger partial charge in [-0.3, -0.25) is 0 Å². The molecule has 0 radical (unpaired) electrons. The van der Waals surface area contributed by atoms with Crippen LogP contribution in [-0.2, 0) is 9.47 Å². The molecule has 0 spiro atoms. The molecule has 1 fully saturated rings. The Labute approximate surface area is 165 Å². The second-order valence-electron chi connectivity index (χ2n) is 6.40. The number of rotatable bonds is 10. The first-order valence-electron chi connectivity index (χ1n) is 9.55. The van der Waals surface area contributed by atoms with Crippen LogP contribution in [0.1, 0.15) is 25.1 Å². The third kappa shape index (κ3) is 6.21. The highest BCUT2D eigenvalue weighted by molar-refractivity contribution is 5.63. The Hall–Kier alpha value is -2.64. The van der Waals surface area contributed by atoms with Gasteiger partial charge in [0.05, 0.1) is 12.8 Å². The lowest BCUT2D eigenvalue weighted by Gasteiger charge is -2.22. The van der Waals surface area contributed by atoms with Crippen LogP contribution in [0.4, 0.5) is 11.4 Å². The maximum Gasteiger partial charge on any atom is 0.241 e. The van der Waals surface area contributed by atoms with Gasteiger partial charge in [0.25, 0.3) is 0 Å². The fourth-order valence-corrected chi connectivity index (χ4v) is 2.75. The molecule has 28 heavy (non-hydrogen) atoms. The smallest absolute Gasteiger partial charge is 0.241 e. The summed E-state index contributed by atoms with van der Waals surface area (Å²) < 4.78 is 22.6. The molecule has 7 nitrogen and oxygen atoms in total. The molecular weight excluding hydrogens is 358 g/mol. The van der Waals surface area contributed by atoms with Crippen molar-refractivity contribution >= 4 is 11.4 Å². The highest BCUT2D eigenvalue weighted by Gasteiger charge is 2.14. The highest BCUT2D eigenvalue weighted by Crippen LogP contribution is 2.26. The zero-order valence-electron chi connectivity index (χ0n) is 16.2. The Bertz CT molecular complexity index is 746. The van der Waals surface area contributed by atoms with Gasteiger partial charge in [-0.05, 0) is 50.5 Å². The van der Waals surface area contributed by atoms with E-state index < -0.39 is 0 Å². The summed E-state index contributed by atoms with van der Waals surface area (Å²) in [5, 5.41) is 3.28. The van der Waals surface area contributed by atoms with E-state index in [0.29, 0.717) is 37.2 Å². The Balaban J connectivity index is 1.54. The molecule has 150 valence electrons. The fourth-order valence-electron chi connectivity index (χ4n) is 2.75. The summed E-state index contributed by atoms with van der Waals surface area (Å²) in [5.74, 6) is 1.92. The van der Waals surface area contributed by atoms with Crippen molar-refractivity contribution in [1.29, 1.82) is 0 Å². The third-order valence-electron chi connectivity index (χ3n) is 4.14. The SMILES string of the molecule is C=CCOc1ccc(Nc2cnc(C)nc2OCCOC2CCCCO2)cc1. The Morgan fingerprint density at radius 3 is 2.82 bits per heavy atom. The van der Waals surface area contributed by atoms with Gasteiger partial charge in [0.1, 0.15) is 30.5 Å². The molecule has 1 N–H and O–H groups in total. The predicted octanol–water partition coefficient (Wildman–Crippen LogP) is 4.02. The van der Waals surface area contributed by atoms with Crippen LogP contribution < -0.4 is 14.8 Å². The summed E-state index contributed by atoms with van der Waals surface area (Å²) in [4.78, 5) is 8.65. The minimum Gasteiger partial charge on any atom is -0.490 e. The number of aromatic nitrogens is 2. The van der Waals surface area contributed by atoms with Crippen LogP contribution in [0, 0.1) is 6.92 Å². The van der Waals surface area contributed by atoms with Crippen molar-refractivity contribution in [3.63, 3.8) is 0 Å². The molecular formula is C21H27N3O4. The topological polar surface area (TPSA) is 74.7 Å². The molecule has 7 heteroatoms. The number of anilines is 2. The lowest BCUT2D eigenvalue weighted by Crippen LogP contribution is -2.24. The molecule has 1 atom stereocenters. The second-order valence-corrected chi connectivity index (χ2v) is 6.40. The van der Waals surface area contributed by atoms with Gasteiger partial charge in [-0.15, -0.1) is 0 Å². The van der Waals surface area contributed by atoms with Crippen molar-refractivity contribution in [2.45, 2.75) is 32.5 Å². The summed E-state index contributed by atoms with van der Waals surface area (Å²) >= 11 is 0. The third-order valence-corrected chi connectivity index (χ3v) is 4.14. The van der Waals surface area contributed by atoms with Gasteiger partial charge in [-0.1, -0.05) is 12.7 Å². The van der Waals surface area contributed by atoms with E-state index >= 15 is 0 Å². The van der Waals surface area contributed by atoms with Crippen molar-refractivity contribution in [1.82, 2.24) is 9.97 Å². The van der Waals surface area contributed by atoms with Gasteiger partial charge in [-0.2, -0.15) is 4.98 Å². The zero-order chi connectivity index (χ0) is 19.6.